The summed E-state index contributed by atoms with van der Waals surface area (Å²) in [6.45, 7) is 11.6. The summed E-state index contributed by atoms with van der Waals surface area (Å²) in [6, 6.07) is 2.06. The summed E-state index contributed by atoms with van der Waals surface area (Å²) in [5.41, 5.74) is 8.07. The number of ether oxygens (including phenoxy) is 1. The maximum Gasteiger partial charge on any atom is 0.0593 e. The van der Waals surface area contributed by atoms with Gasteiger partial charge < -0.3 is 10.5 Å². The van der Waals surface area contributed by atoms with E-state index in [1.165, 1.54) is 0 Å². The maximum atomic E-state index is 5.96. The van der Waals surface area contributed by atoms with E-state index in [0.29, 0.717) is 13.2 Å². The van der Waals surface area contributed by atoms with E-state index in [1.54, 1.807) is 0 Å². The van der Waals surface area contributed by atoms with E-state index in [2.05, 4.69) is 70.0 Å². The first-order valence-corrected chi connectivity index (χ1v) is 8.61. The van der Waals surface area contributed by atoms with Gasteiger partial charge in [-0.05, 0) is 65.0 Å². The molecule has 3 nitrogen and oxygen atoms in total. The van der Waals surface area contributed by atoms with Crippen LogP contribution in [0.25, 0.3) is 3.58 Å². The van der Waals surface area contributed by atoms with Gasteiger partial charge >= 0.3 is 0 Å². The van der Waals surface area contributed by atoms with Crippen LogP contribution in [0.15, 0.2) is 23.3 Å². The molecular weight excluding hydrogens is 431 g/mol. The van der Waals surface area contributed by atoms with Crippen LogP contribution in [0.2, 0.25) is 0 Å². The molecule has 0 radical (unpaired) electrons. The molecule has 1 aromatic rings. The molecule has 3 atom stereocenters. The van der Waals surface area contributed by atoms with Crippen LogP contribution in [-0.4, -0.2) is 24.2 Å². The number of nitrogens with zero attached hydrogens (tertiary/aromatic N) is 1. The Balaban J connectivity index is 3.12. The smallest absolute Gasteiger partial charge is 0.0593 e. The molecule has 5 heteroatoms. The number of halogens is 2. The largest absolute Gasteiger partial charge is 0.378 e. The number of pyridine rings is 1. The molecule has 0 aromatic carbocycles. The van der Waals surface area contributed by atoms with Crippen LogP contribution in [0, 0.1) is 5.92 Å². The Labute approximate surface area is 143 Å². The molecule has 0 aliphatic rings. The lowest BCUT2D eigenvalue weighted by molar-refractivity contribution is 0.0278. The van der Waals surface area contributed by atoms with Crippen LogP contribution < -0.4 is 5.73 Å². The first-order chi connectivity index (χ1) is 9.42. The van der Waals surface area contributed by atoms with E-state index in [4.69, 9.17) is 10.5 Å². The quantitative estimate of drug-likeness (QED) is 0.625. The van der Waals surface area contributed by atoms with Gasteiger partial charge in [0.2, 0.25) is 0 Å². The number of hydrogen-bond donors (Lipinski definition) is 1. The third-order valence-electron chi connectivity index (χ3n) is 3.56. The zero-order valence-electron chi connectivity index (χ0n) is 12.2. The molecule has 0 saturated heterocycles. The molecule has 3 unspecified atom stereocenters. The summed E-state index contributed by atoms with van der Waals surface area (Å²) in [5.74, 6) is 0.453. The second-order valence-corrected chi connectivity index (χ2v) is 7.06. The lowest BCUT2D eigenvalue weighted by Gasteiger charge is -2.29. The highest BCUT2D eigenvalue weighted by Crippen LogP contribution is 2.34. The monoisotopic (exact) mass is 452 g/mol. The SMILES string of the molecule is C=C(I)c1cc(Br)cnc1C(C)C(CN)C(C)OCC. The highest BCUT2D eigenvalue weighted by molar-refractivity contribution is 14.1. The Morgan fingerprint density at radius 3 is 2.70 bits per heavy atom. The predicted octanol–water partition coefficient (Wildman–Crippen LogP) is 4.35. The summed E-state index contributed by atoms with van der Waals surface area (Å²) >= 11 is 5.70. The summed E-state index contributed by atoms with van der Waals surface area (Å²) in [4.78, 5) is 4.59. The molecule has 1 heterocycles. The Morgan fingerprint density at radius 2 is 2.20 bits per heavy atom. The van der Waals surface area contributed by atoms with Gasteiger partial charge in [-0.25, -0.2) is 0 Å². The number of aromatic nitrogens is 1. The fourth-order valence-corrected chi connectivity index (χ4v) is 3.18. The van der Waals surface area contributed by atoms with Crippen molar-refractivity contribution in [2.45, 2.75) is 32.8 Å². The number of hydrogen-bond acceptors (Lipinski definition) is 3. The van der Waals surface area contributed by atoms with Crippen molar-refractivity contribution in [3.8, 4) is 0 Å². The fraction of sp³-hybridized carbons (Fsp3) is 0.533. The molecule has 0 aliphatic heterocycles. The molecular formula is C15H22BrIN2O. The van der Waals surface area contributed by atoms with Crippen LogP contribution in [0.3, 0.4) is 0 Å². The van der Waals surface area contributed by atoms with Crippen LogP contribution in [0.4, 0.5) is 0 Å². The van der Waals surface area contributed by atoms with Gasteiger partial charge in [-0.3, -0.25) is 4.98 Å². The zero-order chi connectivity index (χ0) is 15.3. The Morgan fingerprint density at radius 1 is 1.55 bits per heavy atom. The van der Waals surface area contributed by atoms with Crippen LogP contribution in [-0.2, 0) is 4.74 Å². The van der Waals surface area contributed by atoms with E-state index < -0.39 is 0 Å². The average Bonchev–Trinajstić information content (AvgIpc) is 2.39. The van der Waals surface area contributed by atoms with Crippen molar-refractivity contribution in [3.05, 3.63) is 34.6 Å². The van der Waals surface area contributed by atoms with Gasteiger partial charge in [0.1, 0.15) is 0 Å². The molecule has 0 amide bonds. The summed E-state index contributed by atoms with van der Waals surface area (Å²) in [6.07, 6.45) is 1.94. The van der Waals surface area contributed by atoms with Crippen molar-refractivity contribution in [3.63, 3.8) is 0 Å². The Hall–Kier alpha value is 0.0200. The summed E-state index contributed by atoms with van der Waals surface area (Å²) < 4.78 is 7.67. The molecule has 0 spiro atoms. The second kappa shape index (κ2) is 8.46. The van der Waals surface area contributed by atoms with Crippen molar-refractivity contribution >= 4 is 42.1 Å². The number of nitrogens with two attached hydrogens (primary N) is 1. The number of rotatable bonds is 7. The molecule has 0 saturated carbocycles. The summed E-state index contributed by atoms with van der Waals surface area (Å²) in [5, 5.41) is 0. The standard InChI is InChI=1S/C15H22BrIN2O/c1-5-20-11(4)14(7-18)9(2)15-13(10(3)17)6-12(16)8-19-15/h6,8-9,11,14H,3,5,7,18H2,1-2,4H3. The van der Waals surface area contributed by atoms with Gasteiger partial charge in [0, 0.05) is 38.3 Å². The predicted molar refractivity (Wildman–Crippen MR) is 97.0 cm³/mol. The normalized spacial score (nSPS) is 15.7. The van der Waals surface area contributed by atoms with Crippen molar-refractivity contribution < 1.29 is 4.74 Å². The molecule has 1 aromatic heterocycles. The van der Waals surface area contributed by atoms with Gasteiger partial charge in [0.25, 0.3) is 0 Å². The van der Waals surface area contributed by atoms with Gasteiger partial charge in [0.05, 0.1) is 11.8 Å². The molecule has 112 valence electrons. The lowest BCUT2D eigenvalue weighted by atomic mass is 9.85. The van der Waals surface area contributed by atoms with Gasteiger partial charge in [-0.15, -0.1) is 0 Å². The topological polar surface area (TPSA) is 48.1 Å². The first-order valence-electron chi connectivity index (χ1n) is 6.74. The van der Waals surface area contributed by atoms with E-state index in [-0.39, 0.29) is 17.9 Å². The van der Waals surface area contributed by atoms with Gasteiger partial charge in [-0.1, -0.05) is 13.5 Å². The third-order valence-corrected chi connectivity index (χ3v) is 4.57. The zero-order valence-corrected chi connectivity index (χ0v) is 15.9. The molecule has 0 bridgehead atoms. The van der Waals surface area contributed by atoms with Crippen molar-refractivity contribution in [2.75, 3.05) is 13.2 Å². The van der Waals surface area contributed by atoms with Crippen molar-refractivity contribution in [1.82, 2.24) is 4.98 Å². The Kier molecular flexibility index (Phi) is 7.64. The average molecular weight is 453 g/mol. The molecule has 0 aliphatic carbocycles. The highest BCUT2D eigenvalue weighted by atomic mass is 127. The molecule has 2 N–H and O–H groups in total. The Bertz CT molecular complexity index is 467. The minimum atomic E-state index is 0.112. The van der Waals surface area contributed by atoms with E-state index in [9.17, 15) is 0 Å². The van der Waals surface area contributed by atoms with Crippen molar-refractivity contribution in [2.24, 2.45) is 11.7 Å². The van der Waals surface area contributed by atoms with Gasteiger partial charge in [0.15, 0.2) is 0 Å². The molecule has 0 fully saturated rings. The van der Waals surface area contributed by atoms with Crippen molar-refractivity contribution in [1.29, 1.82) is 0 Å². The summed E-state index contributed by atoms with van der Waals surface area (Å²) in [7, 11) is 0. The van der Waals surface area contributed by atoms with Crippen LogP contribution in [0.5, 0.6) is 0 Å². The van der Waals surface area contributed by atoms with E-state index in [0.717, 1.165) is 19.3 Å². The fourth-order valence-electron chi connectivity index (χ4n) is 2.42. The van der Waals surface area contributed by atoms with Crippen LogP contribution in [0.1, 0.15) is 37.9 Å². The van der Waals surface area contributed by atoms with E-state index in [1.807, 2.05) is 13.1 Å². The van der Waals surface area contributed by atoms with Gasteiger partial charge in [-0.2, -0.15) is 0 Å². The molecule has 20 heavy (non-hydrogen) atoms. The minimum Gasteiger partial charge on any atom is -0.378 e. The highest BCUT2D eigenvalue weighted by Gasteiger charge is 2.27. The lowest BCUT2D eigenvalue weighted by Crippen LogP contribution is -2.33. The third kappa shape index (κ3) is 4.51. The van der Waals surface area contributed by atoms with E-state index >= 15 is 0 Å². The minimum absolute atomic E-state index is 0.112. The molecule has 1 rings (SSSR count). The maximum absolute atomic E-state index is 5.96. The second-order valence-electron chi connectivity index (χ2n) is 4.84. The first kappa shape index (κ1) is 18.1. The van der Waals surface area contributed by atoms with Crippen LogP contribution >= 0.6 is 38.5 Å².